The number of nitrogens with zero attached hydrogens (tertiary/aromatic N) is 2. The Morgan fingerprint density at radius 3 is 2.75 bits per heavy atom. The first-order chi connectivity index (χ1) is 13.6. The van der Waals surface area contributed by atoms with Gasteiger partial charge in [-0.2, -0.15) is 0 Å². The molecule has 0 bridgehead atoms. The van der Waals surface area contributed by atoms with Crippen molar-refractivity contribution in [1.82, 2.24) is 10.2 Å². The molecule has 0 aliphatic carbocycles. The molecular weight excluding hydrogens is 374 g/mol. The van der Waals surface area contributed by atoms with E-state index in [1.54, 1.807) is 12.1 Å². The van der Waals surface area contributed by atoms with Crippen molar-refractivity contribution in [3.8, 4) is 0 Å². The van der Waals surface area contributed by atoms with Gasteiger partial charge in [0.2, 0.25) is 0 Å². The second kappa shape index (κ2) is 8.52. The van der Waals surface area contributed by atoms with Gasteiger partial charge in [-0.3, -0.25) is 9.69 Å². The molecule has 1 saturated heterocycles. The zero-order valence-electron chi connectivity index (χ0n) is 16.2. The number of anilines is 1. The lowest BCUT2D eigenvalue weighted by atomic mass is 10.00. The van der Waals surface area contributed by atoms with Crippen LogP contribution in [-0.2, 0) is 11.2 Å². The van der Waals surface area contributed by atoms with Gasteiger partial charge in [0, 0.05) is 38.9 Å². The summed E-state index contributed by atoms with van der Waals surface area (Å²) in [6, 6.07) is 14.0. The summed E-state index contributed by atoms with van der Waals surface area (Å²) in [6.45, 7) is 4.78. The molecule has 28 heavy (non-hydrogen) atoms. The van der Waals surface area contributed by atoms with E-state index in [4.69, 9.17) is 16.3 Å². The molecule has 4 rings (SSSR count). The predicted octanol–water partition coefficient (Wildman–Crippen LogP) is 3.14. The zero-order chi connectivity index (χ0) is 19.5. The van der Waals surface area contributed by atoms with Crippen LogP contribution in [0.3, 0.4) is 0 Å². The number of rotatable bonds is 5. The molecular formula is C22H26ClN3O2. The molecule has 2 aliphatic rings. The number of amides is 1. The zero-order valence-corrected chi connectivity index (χ0v) is 16.9. The van der Waals surface area contributed by atoms with Gasteiger partial charge in [-0.1, -0.05) is 35.9 Å². The van der Waals surface area contributed by atoms with Crippen LogP contribution in [0.4, 0.5) is 5.69 Å². The second-order valence-corrected chi connectivity index (χ2v) is 7.82. The van der Waals surface area contributed by atoms with Crippen molar-refractivity contribution in [3.63, 3.8) is 0 Å². The molecule has 148 valence electrons. The van der Waals surface area contributed by atoms with Crippen molar-refractivity contribution in [2.24, 2.45) is 0 Å². The number of ether oxygens (including phenoxy) is 1. The van der Waals surface area contributed by atoms with Crippen LogP contribution in [0.2, 0.25) is 5.02 Å². The van der Waals surface area contributed by atoms with Gasteiger partial charge in [0.05, 0.1) is 29.8 Å². The first-order valence-corrected chi connectivity index (χ1v) is 10.2. The average molecular weight is 400 g/mol. The van der Waals surface area contributed by atoms with E-state index in [0.717, 1.165) is 39.3 Å². The van der Waals surface area contributed by atoms with Crippen molar-refractivity contribution >= 4 is 23.2 Å². The summed E-state index contributed by atoms with van der Waals surface area (Å²) < 4.78 is 5.53. The van der Waals surface area contributed by atoms with Gasteiger partial charge in [0.15, 0.2) is 0 Å². The number of carbonyl (C=O) groups is 1. The van der Waals surface area contributed by atoms with E-state index in [9.17, 15) is 4.79 Å². The summed E-state index contributed by atoms with van der Waals surface area (Å²) in [5, 5.41) is 3.57. The highest BCUT2D eigenvalue weighted by molar-refractivity contribution is 6.33. The summed E-state index contributed by atoms with van der Waals surface area (Å²) in [7, 11) is 2.13. The Balaban J connectivity index is 1.54. The van der Waals surface area contributed by atoms with Crippen LogP contribution >= 0.6 is 11.6 Å². The van der Waals surface area contributed by atoms with Gasteiger partial charge in [-0.15, -0.1) is 0 Å². The third kappa shape index (κ3) is 4.02. The maximum absolute atomic E-state index is 12.7. The Hall–Kier alpha value is -2.08. The van der Waals surface area contributed by atoms with E-state index in [2.05, 4.69) is 40.4 Å². The van der Waals surface area contributed by atoms with Gasteiger partial charge < -0.3 is 15.0 Å². The fourth-order valence-corrected chi connectivity index (χ4v) is 4.29. The second-order valence-electron chi connectivity index (χ2n) is 7.41. The predicted molar refractivity (Wildman–Crippen MR) is 112 cm³/mol. The highest BCUT2D eigenvalue weighted by Crippen LogP contribution is 2.31. The maximum Gasteiger partial charge on any atom is 0.252 e. The number of hydrogen-bond acceptors (Lipinski definition) is 4. The Labute approximate surface area is 171 Å². The highest BCUT2D eigenvalue weighted by atomic mass is 35.5. The molecule has 0 spiro atoms. The molecule has 1 fully saturated rings. The molecule has 2 aromatic carbocycles. The van der Waals surface area contributed by atoms with Crippen LogP contribution < -0.4 is 10.2 Å². The first kappa shape index (κ1) is 19.2. The van der Waals surface area contributed by atoms with Crippen molar-refractivity contribution < 1.29 is 9.53 Å². The smallest absolute Gasteiger partial charge is 0.252 e. The summed E-state index contributed by atoms with van der Waals surface area (Å²) >= 11 is 6.19. The Kier molecular flexibility index (Phi) is 5.85. The number of morpholine rings is 1. The summed E-state index contributed by atoms with van der Waals surface area (Å²) in [5.41, 5.74) is 4.45. The number of nitrogens with one attached hydrogen (secondary N) is 1. The number of benzene rings is 2. The Bertz CT molecular complexity index is 851. The van der Waals surface area contributed by atoms with Crippen molar-refractivity contribution in [3.05, 3.63) is 64.2 Å². The molecule has 1 amide bonds. The van der Waals surface area contributed by atoms with Crippen LogP contribution in [0.15, 0.2) is 42.5 Å². The molecule has 2 heterocycles. The lowest BCUT2D eigenvalue weighted by Crippen LogP contribution is -2.43. The SMILES string of the molecule is CN1CCc2cc([C@H](CNC(=O)c3ccccc3Cl)N3CCOCC3)ccc21. The highest BCUT2D eigenvalue weighted by Gasteiger charge is 2.25. The van der Waals surface area contributed by atoms with Gasteiger partial charge in [-0.05, 0) is 35.7 Å². The molecule has 0 radical (unpaired) electrons. The largest absolute Gasteiger partial charge is 0.379 e. The number of hydrogen-bond donors (Lipinski definition) is 1. The molecule has 0 saturated carbocycles. The van der Waals surface area contributed by atoms with Gasteiger partial charge >= 0.3 is 0 Å². The maximum atomic E-state index is 12.7. The molecule has 1 atom stereocenters. The van der Waals surface area contributed by atoms with E-state index in [-0.39, 0.29) is 11.9 Å². The summed E-state index contributed by atoms with van der Waals surface area (Å²) in [6.07, 6.45) is 1.07. The van der Waals surface area contributed by atoms with E-state index in [0.29, 0.717) is 17.1 Å². The van der Waals surface area contributed by atoms with Crippen LogP contribution in [0, 0.1) is 0 Å². The Morgan fingerprint density at radius 2 is 1.96 bits per heavy atom. The molecule has 1 N–H and O–H groups in total. The van der Waals surface area contributed by atoms with Crippen LogP contribution in [0.25, 0.3) is 0 Å². The fraction of sp³-hybridized carbons (Fsp3) is 0.409. The lowest BCUT2D eigenvalue weighted by Gasteiger charge is -2.35. The average Bonchev–Trinajstić information content (AvgIpc) is 3.09. The first-order valence-electron chi connectivity index (χ1n) is 9.82. The molecule has 2 aromatic rings. The van der Waals surface area contributed by atoms with Gasteiger partial charge in [0.1, 0.15) is 0 Å². The monoisotopic (exact) mass is 399 g/mol. The van der Waals surface area contributed by atoms with E-state index >= 15 is 0 Å². The lowest BCUT2D eigenvalue weighted by molar-refractivity contribution is 0.0162. The minimum absolute atomic E-state index is 0.117. The standard InChI is InChI=1S/C22H26ClN3O2/c1-25-9-8-17-14-16(6-7-20(17)25)21(26-10-12-28-13-11-26)15-24-22(27)18-4-2-3-5-19(18)23/h2-7,14,21H,8-13,15H2,1H3,(H,24,27)/t21-/m0/s1. The Morgan fingerprint density at radius 1 is 1.18 bits per heavy atom. The van der Waals surface area contributed by atoms with Crippen LogP contribution in [0.5, 0.6) is 0 Å². The van der Waals surface area contributed by atoms with E-state index in [1.807, 2.05) is 12.1 Å². The van der Waals surface area contributed by atoms with Crippen LogP contribution in [-0.4, -0.2) is 57.2 Å². The minimum atomic E-state index is -0.134. The number of carbonyl (C=O) groups excluding carboxylic acids is 1. The summed E-state index contributed by atoms with van der Waals surface area (Å²) in [4.78, 5) is 17.4. The summed E-state index contributed by atoms with van der Waals surface area (Å²) in [5.74, 6) is -0.134. The molecule has 0 unspecified atom stereocenters. The quantitative estimate of drug-likeness (QED) is 0.839. The fourth-order valence-electron chi connectivity index (χ4n) is 4.07. The number of fused-ring (bicyclic) bond motifs is 1. The van der Waals surface area contributed by atoms with Crippen LogP contribution in [0.1, 0.15) is 27.5 Å². The molecule has 2 aliphatic heterocycles. The van der Waals surface area contributed by atoms with Crippen molar-refractivity contribution in [2.75, 3.05) is 51.3 Å². The topological polar surface area (TPSA) is 44.8 Å². The normalized spacial score (nSPS) is 18.0. The molecule has 6 heteroatoms. The third-order valence-corrected chi connectivity index (χ3v) is 6.01. The molecule has 0 aromatic heterocycles. The van der Waals surface area contributed by atoms with E-state index in [1.165, 1.54) is 16.8 Å². The van der Waals surface area contributed by atoms with Gasteiger partial charge in [0.25, 0.3) is 5.91 Å². The van der Waals surface area contributed by atoms with Crippen molar-refractivity contribution in [2.45, 2.75) is 12.5 Å². The molecule has 5 nitrogen and oxygen atoms in total. The van der Waals surface area contributed by atoms with E-state index < -0.39 is 0 Å². The van der Waals surface area contributed by atoms with Gasteiger partial charge in [-0.25, -0.2) is 0 Å². The number of halogens is 1. The number of likely N-dealkylation sites (N-methyl/N-ethyl adjacent to an activating group) is 1. The third-order valence-electron chi connectivity index (χ3n) is 5.68. The minimum Gasteiger partial charge on any atom is -0.379 e. The van der Waals surface area contributed by atoms with Crippen molar-refractivity contribution in [1.29, 1.82) is 0 Å².